The van der Waals surface area contributed by atoms with E-state index in [4.69, 9.17) is 27.9 Å². The number of aromatic nitrogens is 2. The van der Waals surface area contributed by atoms with Gasteiger partial charge in [-0.3, -0.25) is 19.3 Å². The zero-order valence-electron chi connectivity index (χ0n) is 20.6. The molecule has 0 spiro atoms. The molecule has 200 valence electrons. The lowest BCUT2D eigenvalue weighted by Gasteiger charge is -2.35. The van der Waals surface area contributed by atoms with Crippen molar-refractivity contribution in [2.75, 3.05) is 44.2 Å². The van der Waals surface area contributed by atoms with Crippen molar-refractivity contribution in [3.05, 3.63) is 57.6 Å². The molecule has 2 fully saturated rings. The highest BCUT2D eigenvalue weighted by Gasteiger charge is 2.36. The minimum absolute atomic E-state index is 0.155. The van der Waals surface area contributed by atoms with Gasteiger partial charge in [-0.05, 0) is 29.8 Å². The molecule has 2 aliphatic heterocycles. The Morgan fingerprint density at radius 3 is 2.61 bits per heavy atom. The monoisotopic (exact) mass is 561 g/mol. The number of piperazine rings is 1. The molecule has 38 heavy (non-hydrogen) atoms. The molecule has 0 bridgehead atoms. The number of nitrogens with zero attached hydrogens (tertiary/aromatic N) is 3. The molecule has 0 saturated carbocycles. The Morgan fingerprint density at radius 2 is 1.89 bits per heavy atom. The molecule has 3 heterocycles. The number of ketones is 1. The van der Waals surface area contributed by atoms with E-state index in [0.717, 1.165) is 0 Å². The van der Waals surface area contributed by atoms with E-state index in [1.54, 1.807) is 24.3 Å². The molecule has 0 aliphatic carbocycles. The molecule has 1 unspecified atom stereocenters. The molecule has 2 saturated heterocycles. The summed E-state index contributed by atoms with van der Waals surface area (Å²) >= 11 is 12.1. The molecular formula is C26H26Cl2FN5O4. The summed E-state index contributed by atoms with van der Waals surface area (Å²) in [6.45, 7) is 4.05. The first-order valence-electron chi connectivity index (χ1n) is 12.3. The van der Waals surface area contributed by atoms with Crippen molar-refractivity contribution < 1.29 is 23.5 Å². The second-order valence-electron chi connectivity index (χ2n) is 9.55. The van der Waals surface area contributed by atoms with E-state index in [1.165, 1.54) is 13.0 Å². The first-order valence-corrected chi connectivity index (χ1v) is 13.0. The number of benzene rings is 2. The molecular weight excluding hydrogens is 536 g/mol. The highest BCUT2D eigenvalue weighted by molar-refractivity contribution is 6.42. The van der Waals surface area contributed by atoms with Crippen LogP contribution in [0.15, 0.2) is 30.3 Å². The second kappa shape index (κ2) is 10.9. The predicted molar refractivity (Wildman–Crippen MR) is 141 cm³/mol. The number of aromatic amines is 1. The van der Waals surface area contributed by atoms with Gasteiger partial charge in [0.2, 0.25) is 11.7 Å². The number of rotatable bonds is 7. The molecule has 2 aromatic carbocycles. The van der Waals surface area contributed by atoms with Crippen molar-refractivity contribution in [2.45, 2.75) is 25.4 Å². The largest absolute Gasteiger partial charge is 0.460 e. The molecule has 9 nitrogen and oxygen atoms in total. The van der Waals surface area contributed by atoms with Gasteiger partial charge < -0.3 is 19.9 Å². The number of nitrogens with one attached hydrogen (secondary N) is 2. The number of carbonyl (C=O) groups is 3. The van der Waals surface area contributed by atoms with Crippen molar-refractivity contribution in [1.82, 2.24) is 20.2 Å². The Balaban J connectivity index is 1.17. The van der Waals surface area contributed by atoms with Gasteiger partial charge in [0, 0.05) is 39.5 Å². The van der Waals surface area contributed by atoms with Gasteiger partial charge in [-0.1, -0.05) is 29.3 Å². The average molecular weight is 562 g/mol. The Bertz CT molecular complexity index is 1370. The van der Waals surface area contributed by atoms with Gasteiger partial charge in [-0.2, -0.15) is 0 Å². The van der Waals surface area contributed by atoms with E-state index in [9.17, 15) is 14.4 Å². The van der Waals surface area contributed by atoms with Crippen LogP contribution in [0.2, 0.25) is 10.0 Å². The van der Waals surface area contributed by atoms with E-state index in [1.807, 2.05) is 9.80 Å². The molecule has 2 atom stereocenters. The third-order valence-corrected chi connectivity index (χ3v) is 7.61. The minimum Gasteiger partial charge on any atom is -0.460 e. The predicted octanol–water partition coefficient (Wildman–Crippen LogP) is 3.55. The number of ether oxygens (including phenoxy) is 1. The maximum atomic E-state index is 15.1. The average Bonchev–Trinajstić information content (AvgIpc) is 3.46. The van der Waals surface area contributed by atoms with Crippen LogP contribution in [0.25, 0.3) is 11.0 Å². The SMILES string of the molecule is CC(=O)NC[C@H]1CC(c2ccc(N3CCN(CC(=O)c4nc5cc(Cl)c(Cl)cc5[nH]4)CC3)c(F)c2)C(=O)O1. The summed E-state index contributed by atoms with van der Waals surface area (Å²) in [6, 6.07) is 8.08. The van der Waals surface area contributed by atoms with Crippen LogP contribution in [0, 0.1) is 5.82 Å². The number of fused-ring (bicyclic) bond motifs is 1. The van der Waals surface area contributed by atoms with Crippen molar-refractivity contribution in [3.8, 4) is 0 Å². The van der Waals surface area contributed by atoms with Crippen LogP contribution >= 0.6 is 23.2 Å². The smallest absolute Gasteiger partial charge is 0.313 e. The van der Waals surface area contributed by atoms with Gasteiger partial charge in [-0.25, -0.2) is 9.37 Å². The van der Waals surface area contributed by atoms with Gasteiger partial charge >= 0.3 is 5.97 Å². The lowest BCUT2D eigenvalue weighted by molar-refractivity contribution is -0.142. The molecule has 1 aromatic heterocycles. The van der Waals surface area contributed by atoms with Crippen LogP contribution in [-0.2, 0) is 14.3 Å². The van der Waals surface area contributed by atoms with Crippen LogP contribution in [-0.4, -0.2) is 77.9 Å². The van der Waals surface area contributed by atoms with Gasteiger partial charge in [0.05, 0.1) is 45.8 Å². The lowest BCUT2D eigenvalue weighted by Crippen LogP contribution is -2.48. The van der Waals surface area contributed by atoms with Crippen LogP contribution in [0.5, 0.6) is 0 Å². The number of esters is 1. The summed E-state index contributed by atoms with van der Waals surface area (Å²) in [4.78, 5) is 47.5. The van der Waals surface area contributed by atoms with Crippen LogP contribution in [0.4, 0.5) is 10.1 Å². The number of halogens is 3. The number of carbonyl (C=O) groups excluding carboxylic acids is 3. The topological polar surface area (TPSA) is 108 Å². The zero-order chi connectivity index (χ0) is 27.0. The highest BCUT2D eigenvalue weighted by atomic mass is 35.5. The second-order valence-corrected chi connectivity index (χ2v) is 10.4. The van der Waals surface area contributed by atoms with E-state index in [2.05, 4.69) is 15.3 Å². The molecule has 2 N–H and O–H groups in total. The Labute approximate surface area is 228 Å². The van der Waals surface area contributed by atoms with Crippen molar-refractivity contribution in [2.24, 2.45) is 0 Å². The summed E-state index contributed by atoms with van der Waals surface area (Å²) in [6.07, 6.45) is -0.0410. The van der Waals surface area contributed by atoms with Crippen LogP contribution < -0.4 is 10.2 Å². The first kappa shape index (κ1) is 26.4. The van der Waals surface area contributed by atoms with Crippen LogP contribution in [0.3, 0.4) is 0 Å². The third kappa shape index (κ3) is 5.62. The number of imidazole rings is 1. The van der Waals surface area contributed by atoms with Gasteiger partial charge in [0.15, 0.2) is 5.82 Å². The summed E-state index contributed by atoms with van der Waals surface area (Å²) in [5.74, 6) is -1.50. The quantitative estimate of drug-likeness (QED) is 0.335. The fraction of sp³-hybridized carbons (Fsp3) is 0.385. The molecule has 1 amide bonds. The molecule has 5 rings (SSSR count). The van der Waals surface area contributed by atoms with E-state index >= 15 is 4.39 Å². The number of cyclic esters (lactones) is 1. The number of hydrogen-bond acceptors (Lipinski definition) is 7. The summed E-state index contributed by atoms with van der Waals surface area (Å²) in [7, 11) is 0. The van der Waals surface area contributed by atoms with Gasteiger partial charge in [-0.15, -0.1) is 0 Å². The van der Waals surface area contributed by atoms with E-state index < -0.39 is 23.8 Å². The van der Waals surface area contributed by atoms with E-state index in [-0.39, 0.29) is 30.6 Å². The van der Waals surface area contributed by atoms with Crippen molar-refractivity contribution in [1.29, 1.82) is 0 Å². The summed E-state index contributed by atoms with van der Waals surface area (Å²) in [5, 5.41) is 3.39. The van der Waals surface area contributed by atoms with Gasteiger partial charge in [0.1, 0.15) is 11.9 Å². The molecule has 3 aromatic rings. The number of anilines is 1. The summed E-state index contributed by atoms with van der Waals surface area (Å²) in [5.41, 5.74) is 2.22. The third-order valence-electron chi connectivity index (χ3n) is 6.89. The molecule has 0 radical (unpaired) electrons. The maximum absolute atomic E-state index is 15.1. The first-order chi connectivity index (χ1) is 18.2. The van der Waals surface area contributed by atoms with Crippen molar-refractivity contribution >= 4 is 57.6 Å². The fourth-order valence-electron chi connectivity index (χ4n) is 4.87. The number of Topliss-reactive ketones (excluding diaryl/α,β-unsaturated/α-hetero) is 1. The lowest BCUT2D eigenvalue weighted by atomic mass is 9.95. The summed E-state index contributed by atoms with van der Waals surface area (Å²) < 4.78 is 20.4. The fourth-order valence-corrected chi connectivity index (χ4v) is 5.19. The van der Waals surface area contributed by atoms with Crippen molar-refractivity contribution in [3.63, 3.8) is 0 Å². The maximum Gasteiger partial charge on any atom is 0.313 e. The van der Waals surface area contributed by atoms with Crippen LogP contribution in [0.1, 0.15) is 35.4 Å². The number of amides is 1. The molecule has 12 heteroatoms. The Morgan fingerprint density at radius 1 is 1.16 bits per heavy atom. The highest BCUT2D eigenvalue weighted by Crippen LogP contribution is 2.33. The zero-order valence-corrected chi connectivity index (χ0v) is 22.1. The Hall–Kier alpha value is -3.21. The number of hydrogen-bond donors (Lipinski definition) is 2. The molecule has 2 aliphatic rings. The van der Waals surface area contributed by atoms with Gasteiger partial charge in [0.25, 0.3) is 0 Å². The number of H-pyrrole nitrogens is 1. The Kier molecular flexibility index (Phi) is 7.56. The minimum atomic E-state index is -0.564. The van der Waals surface area contributed by atoms with E-state index in [0.29, 0.717) is 64.9 Å². The normalized spacial score (nSPS) is 20.1. The standard InChI is InChI=1S/C26H26Cl2FN5O4/c1-14(35)30-12-16-9-17(26(37)38-16)15-2-3-23(20(29)8-15)34-6-4-33(5-7-34)13-24(36)25-31-21-10-18(27)19(28)11-22(21)32-25/h2-3,8,10-11,16-17H,4-7,9,12-13H2,1H3,(H,30,35)(H,31,32)/t16-,17?/m1/s1.